The molecule has 0 saturated carbocycles. The summed E-state index contributed by atoms with van der Waals surface area (Å²) in [5, 5.41) is 3.78. The summed E-state index contributed by atoms with van der Waals surface area (Å²) in [5.41, 5.74) is 1.28. The first-order valence-corrected chi connectivity index (χ1v) is 10.6. The van der Waals surface area contributed by atoms with Crippen molar-refractivity contribution in [2.24, 2.45) is 0 Å². The average molecular weight is 453 g/mol. The first-order chi connectivity index (χ1) is 15.1. The van der Waals surface area contributed by atoms with Gasteiger partial charge in [0.1, 0.15) is 5.75 Å². The predicted octanol–water partition coefficient (Wildman–Crippen LogP) is 4.17. The second-order valence-corrected chi connectivity index (χ2v) is 7.70. The molecule has 0 atom stereocenters. The second-order valence-electron chi connectivity index (χ2n) is 6.40. The van der Waals surface area contributed by atoms with Gasteiger partial charge in [-0.15, -0.1) is 0 Å². The molecule has 0 aliphatic heterocycles. The van der Waals surface area contributed by atoms with Crippen LogP contribution in [-0.2, 0) is 4.79 Å². The Balaban J connectivity index is 1.72. The normalized spacial score (nSPS) is 10.8. The number of ether oxygens (including phenoxy) is 1. The molecule has 0 unspecified atom stereocenters. The fourth-order valence-electron chi connectivity index (χ4n) is 3.03. The van der Waals surface area contributed by atoms with Gasteiger partial charge in [0.05, 0.1) is 35.1 Å². The van der Waals surface area contributed by atoms with E-state index in [4.69, 9.17) is 16.3 Å². The number of para-hydroxylation sites is 3. The largest absolute Gasteiger partial charge is 0.495 e. The van der Waals surface area contributed by atoms with Gasteiger partial charge in [0, 0.05) is 6.20 Å². The molecule has 1 amide bonds. The minimum absolute atomic E-state index is 0.0190. The molecular weight excluding hydrogens is 436 g/mol. The molecule has 1 N–H and O–H groups in total. The highest BCUT2D eigenvalue weighted by Gasteiger charge is 2.17. The molecule has 7 nitrogen and oxygen atoms in total. The molecule has 2 heterocycles. The third-order valence-corrected chi connectivity index (χ3v) is 5.68. The van der Waals surface area contributed by atoms with Crippen LogP contribution < -0.4 is 15.6 Å². The van der Waals surface area contributed by atoms with Crippen LogP contribution in [0, 0.1) is 0 Å². The Labute approximate surface area is 187 Å². The predicted molar refractivity (Wildman–Crippen MR) is 122 cm³/mol. The van der Waals surface area contributed by atoms with Crippen molar-refractivity contribution in [3.05, 3.63) is 82.4 Å². The number of hydrogen-bond donors (Lipinski definition) is 1. The maximum absolute atomic E-state index is 13.3. The number of thioether (sulfide) groups is 1. The van der Waals surface area contributed by atoms with E-state index in [0.717, 1.165) is 11.8 Å². The number of pyridine rings is 1. The van der Waals surface area contributed by atoms with Crippen LogP contribution >= 0.6 is 23.4 Å². The van der Waals surface area contributed by atoms with Gasteiger partial charge in [-0.25, -0.2) is 9.97 Å². The van der Waals surface area contributed by atoms with Crippen LogP contribution in [0.2, 0.25) is 5.15 Å². The van der Waals surface area contributed by atoms with E-state index >= 15 is 0 Å². The van der Waals surface area contributed by atoms with E-state index in [2.05, 4.69) is 15.3 Å². The van der Waals surface area contributed by atoms with E-state index in [0.29, 0.717) is 33.2 Å². The number of anilines is 1. The number of hydrogen-bond acceptors (Lipinski definition) is 6. The lowest BCUT2D eigenvalue weighted by Crippen LogP contribution is -2.23. The third kappa shape index (κ3) is 4.40. The van der Waals surface area contributed by atoms with Crippen molar-refractivity contribution in [2.75, 3.05) is 18.2 Å². The number of amides is 1. The van der Waals surface area contributed by atoms with Crippen LogP contribution in [-0.4, -0.2) is 33.3 Å². The summed E-state index contributed by atoms with van der Waals surface area (Å²) < 4.78 is 6.91. The Kier molecular flexibility index (Phi) is 6.20. The average Bonchev–Trinajstić information content (AvgIpc) is 2.79. The zero-order chi connectivity index (χ0) is 21.8. The molecule has 0 spiro atoms. The van der Waals surface area contributed by atoms with E-state index in [1.54, 1.807) is 42.5 Å². The van der Waals surface area contributed by atoms with Crippen molar-refractivity contribution < 1.29 is 9.53 Å². The fraction of sp³-hybridized carbons (Fsp3) is 0.0909. The smallest absolute Gasteiger partial charge is 0.266 e. The molecule has 2 aromatic heterocycles. The number of rotatable bonds is 6. The number of aromatic nitrogens is 3. The summed E-state index contributed by atoms with van der Waals surface area (Å²) in [6, 6.07) is 17.6. The van der Waals surface area contributed by atoms with Gasteiger partial charge in [0.15, 0.2) is 10.3 Å². The molecule has 0 aliphatic rings. The Hall–Kier alpha value is -3.36. The van der Waals surface area contributed by atoms with Gasteiger partial charge in [-0.2, -0.15) is 0 Å². The van der Waals surface area contributed by atoms with Crippen LogP contribution in [0.15, 0.2) is 76.8 Å². The summed E-state index contributed by atoms with van der Waals surface area (Å²) in [7, 11) is 1.54. The molecule has 0 radical (unpaired) electrons. The molecule has 0 saturated heterocycles. The van der Waals surface area contributed by atoms with Crippen LogP contribution in [0.1, 0.15) is 0 Å². The summed E-state index contributed by atoms with van der Waals surface area (Å²) in [6.07, 6.45) is 1.54. The highest BCUT2D eigenvalue weighted by atomic mass is 35.5. The highest BCUT2D eigenvalue weighted by Crippen LogP contribution is 2.27. The Morgan fingerprint density at radius 1 is 1.13 bits per heavy atom. The molecule has 4 rings (SSSR count). The first-order valence-electron chi connectivity index (χ1n) is 9.27. The Morgan fingerprint density at radius 2 is 1.90 bits per heavy atom. The van der Waals surface area contributed by atoms with Gasteiger partial charge in [0.2, 0.25) is 5.91 Å². The lowest BCUT2D eigenvalue weighted by Gasteiger charge is -2.15. The standard InChI is InChI=1S/C22H17ClN4O3S/c1-30-18-11-5-4-10-17(18)27-21(29)14-7-2-3-8-15(14)26-22(27)31-13-19(28)25-16-9-6-12-24-20(16)23/h2-12H,13H2,1H3,(H,25,28). The first kappa shape index (κ1) is 20.9. The number of nitrogens with one attached hydrogen (secondary N) is 1. The molecule has 2 aromatic carbocycles. The maximum atomic E-state index is 13.3. The van der Waals surface area contributed by atoms with Crippen molar-refractivity contribution in [1.29, 1.82) is 0 Å². The van der Waals surface area contributed by atoms with E-state index in [9.17, 15) is 9.59 Å². The lowest BCUT2D eigenvalue weighted by molar-refractivity contribution is -0.113. The van der Waals surface area contributed by atoms with Gasteiger partial charge < -0.3 is 10.1 Å². The Morgan fingerprint density at radius 3 is 2.71 bits per heavy atom. The van der Waals surface area contributed by atoms with Gasteiger partial charge in [-0.3, -0.25) is 14.2 Å². The molecule has 0 fully saturated rings. The Bertz CT molecular complexity index is 1330. The summed E-state index contributed by atoms with van der Waals surface area (Å²) >= 11 is 7.15. The van der Waals surface area contributed by atoms with Crippen molar-refractivity contribution in [2.45, 2.75) is 5.16 Å². The number of benzene rings is 2. The molecule has 4 aromatic rings. The topological polar surface area (TPSA) is 86.1 Å². The fourth-order valence-corrected chi connectivity index (χ4v) is 4.00. The lowest BCUT2D eigenvalue weighted by atomic mass is 10.2. The number of halogens is 1. The SMILES string of the molecule is COc1ccccc1-n1c(SCC(=O)Nc2cccnc2Cl)nc2ccccc2c1=O. The van der Waals surface area contributed by atoms with Crippen molar-refractivity contribution in [3.63, 3.8) is 0 Å². The third-order valence-electron chi connectivity index (χ3n) is 4.44. The van der Waals surface area contributed by atoms with Gasteiger partial charge >= 0.3 is 0 Å². The number of carbonyl (C=O) groups is 1. The van der Waals surface area contributed by atoms with Crippen molar-refractivity contribution in [3.8, 4) is 11.4 Å². The zero-order valence-electron chi connectivity index (χ0n) is 16.4. The van der Waals surface area contributed by atoms with Crippen LogP contribution in [0.25, 0.3) is 16.6 Å². The molecular formula is C22H17ClN4O3S. The zero-order valence-corrected chi connectivity index (χ0v) is 18.0. The van der Waals surface area contributed by atoms with E-state index in [1.165, 1.54) is 17.9 Å². The summed E-state index contributed by atoms with van der Waals surface area (Å²) in [6.45, 7) is 0. The monoisotopic (exact) mass is 452 g/mol. The van der Waals surface area contributed by atoms with Gasteiger partial charge in [0.25, 0.3) is 5.56 Å². The number of nitrogens with zero attached hydrogens (tertiary/aromatic N) is 3. The van der Waals surface area contributed by atoms with E-state index in [1.807, 2.05) is 18.2 Å². The molecule has 0 aliphatic carbocycles. The number of methoxy groups -OCH3 is 1. The minimum atomic E-state index is -0.297. The van der Waals surface area contributed by atoms with Crippen LogP contribution in [0.4, 0.5) is 5.69 Å². The van der Waals surface area contributed by atoms with Crippen molar-refractivity contribution in [1.82, 2.24) is 14.5 Å². The molecule has 9 heteroatoms. The van der Waals surface area contributed by atoms with Crippen molar-refractivity contribution >= 4 is 45.9 Å². The maximum Gasteiger partial charge on any atom is 0.266 e. The quantitative estimate of drug-likeness (QED) is 0.268. The van der Waals surface area contributed by atoms with E-state index in [-0.39, 0.29) is 22.4 Å². The van der Waals surface area contributed by atoms with Gasteiger partial charge in [-0.05, 0) is 36.4 Å². The van der Waals surface area contributed by atoms with Crippen LogP contribution in [0.3, 0.4) is 0 Å². The summed E-state index contributed by atoms with van der Waals surface area (Å²) in [4.78, 5) is 34.4. The van der Waals surface area contributed by atoms with Gasteiger partial charge in [-0.1, -0.05) is 47.6 Å². The molecule has 31 heavy (non-hydrogen) atoms. The molecule has 0 bridgehead atoms. The minimum Gasteiger partial charge on any atom is -0.495 e. The number of fused-ring (bicyclic) bond motifs is 1. The molecule has 156 valence electrons. The summed E-state index contributed by atoms with van der Waals surface area (Å²) in [5.74, 6) is 0.245. The highest BCUT2D eigenvalue weighted by molar-refractivity contribution is 7.99. The van der Waals surface area contributed by atoms with E-state index < -0.39 is 0 Å². The van der Waals surface area contributed by atoms with Crippen LogP contribution in [0.5, 0.6) is 5.75 Å². The number of carbonyl (C=O) groups excluding carboxylic acids is 1. The second kappa shape index (κ2) is 9.20.